The minimum absolute atomic E-state index is 0.0386. The number of aromatic nitrogens is 2. The number of hydrogen-bond donors (Lipinski definition) is 1. The van der Waals surface area contributed by atoms with Crippen LogP contribution in [0.4, 0.5) is 6.01 Å². The highest BCUT2D eigenvalue weighted by atomic mass is 16.5. The summed E-state index contributed by atoms with van der Waals surface area (Å²) in [6, 6.07) is 13.3. The fourth-order valence-electron chi connectivity index (χ4n) is 2.73. The van der Waals surface area contributed by atoms with E-state index in [1.165, 1.54) is 5.56 Å². The lowest BCUT2D eigenvalue weighted by Gasteiger charge is -2.07. The SMILES string of the molecule is COc1ccc(-c2nnc(NC(=O)Cc3ccc(C(C)C)cc3)o2)c(OC)c1. The Kier molecular flexibility index (Phi) is 5.93. The molecular formula is C21H23N3O4. The molecule has 146 valence electrons. The zero-order chi connectivity index (χ0) is 20.1. The summed E-state index contributed by atoms with van der Waals surface area (Å²) in [5.41, 5.74) is 2.76. The van der Waals surface area contributed by atoms with Gasteiger partial charge in [-0.2, -0.15) is 0 Å². The van der Waals surface area contributed by atoms with Crippen LogP contribution < -0.4 is 14.8 Å². The van der Waals surface area contributed by atoms with Gasteiger partial charge in [0.05, 0.1) is 26.2 Å². The first kappa shape index (κ1) is 19.4. The third-order valence-electron chi connectivity index (χ3n) is 4.32. The van der Waals surface area contributed by atoms with Crippen LogP contribution in [0.3, 0.4) is 0 Å². The molecule has 0 saturated carbocycles. The molecule has 0 atom stereocenters. The van der Waals surface area contributed by atoms with Crippen molar-refractivity contribution < 1.29 is 18.7 Å². The molecule has 28 heavy (non-hydrogen) atoms. The number of hydrogen-bond acceptors (Lipinski definition) is 6. The second kappa shape index (κ2) is 8.56. The lowest BCUT2D eigenvalue weighted by atomic mass is 10.0. The Balaban J connectivity index is 1.68. The van der Waals surface area contributed by atoms with E-state index < -0.39 is 0 Å². The fourth-order valence-corrected chi connectivity index (χ4v) is 2.73. The first-order valence-electron chi connectivity index (χ1n) is 8.94. The highest BCUT2D eigenvalue weighted by molar-refractivity contribution is 5.90. The number of carbonyl (C=O) groups is 1. The summed E-state index contributed by atoms with van der Waals surface area (Å²) >= 11 is 0. The van der Waals surface area contributed by atoms with Gasteiger partial charge in [0.1, 0.15) is 11.5 Å². The van der Waals surface area contributed by atoms with Gasteiger partial charge in [0.15, 0.2) is 0 Å². The van der Waals surface area contributed by atoms with Crippen molar-refractivity contribution >= 4 is 11.9 Å². The Morgan fingerprint density at radius 1 is 1.07 bits per heavy atom. The van der Waals surface area contributed by atoms with Crippen molar-refractivity contribution in [2.24, 2.45) is 0 Å². The van der Waals surface area contributed by atoms with Gasteiger partial charge in [0.25, 0.3) is 5.89 Å². The predicted octanol–water partition coefficient (Wildman–Crippen LogP) is 4.06. The molecule has 0 spiro atoms. The van der Waals surface area contributed by atoms with Crippen molar-refractivity contribution in [2.75, 3.05) is 19.5 Å². The first-order valence-corrected chi connectivity index (χ1v) is 8.94. The molecule has 1 amide bonds. The van der Waals surface area contributed by atoms with E-state index in [-0.39, 0.29) is 24.2 Å². The molecule has 7 heteroatoms. The zero-order valence-corrected chi connectivity index (χ0v) is 16.4. The van der Waals surface area contributed by atoms with Gasteiger partial charge in [-0.25, -0.2) is 0 Å². The van der Waals surface area contributed by atoms with Gasteiger partial charge in [0, 0.05) is 6.07 Å². The van der Waals surface area contributed by atoms with Crippen LogP contribution in [0.5, 0.6) is 11.5 Å². The molecule has 7 nitrogen and oxygen atoms in total. The van der Waals surface area contributed by atoms with Gasteiger partial charge >= 0.3 is 6.01 Å². The largest absolute Gasteiger partial charge is 0.497 e. The summed E-state index contributed by atoms with van der Waals surface area (Å²) < 4.78 is 16.1. The molecule has 1 aromatic heterocycles. The average molecular weight is 381 g/mol. The number of methoxy groups -OCH3 is 2. The van der Waals surface area contributed by atoms with E-state index in [0.717, 1.165) is 5.56 Å². The first-order chi connectivity index (χ1) is 13.5. The van der Waals surface area contributed by atoms with E-state index in [1.54, 1.807) is 32.4 Å². The molecular weight excluding hydrogens is 358 g/mol. The monoisotopic (exact) mass is 381 g/mol. The summed E-state index contributed by atoms with van der Waals surface area (Å²) in [5, 5.41) is 10.5. The van der Waals surface area contributed by atoms with Gasteiger partial charge < -0.3 is 13.9 Å². The van der Waals surface area contributed by atoms with Gasteiger partial charge in [-0.05, 0) is 29.2 Å². The molecule has 0 unspecified atom stereocenters. The highest BCUT2D eigenvalue weighted by Crippen LogP contribution is 2.33. The Hall–Kier alpha value is -3.35. The molecule has 1 N–H and O–H groups in total. The van der Waals surface area contributed by atoms with E-state index in [0.29, 0.717) is 23.0 Å². The second-order valence-corrected chi connectivity index (χ2v) is 6.60. The second-order valence-electron chi connectivity index (χ2n) is 6.60. The van der Waals surface area contributed by atoms with E-state index in [4.69, 9.17) is 13.9 Å². The van der Waals surface area contributed by atoms with Crippen LogP contribution in [0.25, 0.3) is 11.5 Å². The average Bonchev–Trinajstić information content (AvgIpc) is 3.15. The maximum absolute atomic E-state index is 12.3. The number of nitrogens with zero attached hydrogens (tertiary/aromatic N) is 2. The number of benzene rings is 2. The number of rotatable bonds is 7. The van der Waals surface area contributed by atoms with Crippen molar-refractivity contribution in [3.8, 4) is 23.0 Å². The van der Waals surface area contributed by atoms with Crippen molar-refractivity contribution in [1.82, 2.24) is 10.2 Å². The fraction of sp³-hybridized carbons (Fsp3) is 0.286. The van der Waals surface area contributed by atoms with Gasteiger partial charge in [-0.3, -0.25) is 10.1 Å². The maximum Gasteiger partial charge on any atom is 0.322 e. The molecule has 2 aromatic carbocycles. The van der Waals surface area contributed by atoms with Crippen LogP contribution in [0.2, 0.25) is 0 Å². The lowest BCUT2D eigenvalue weighted by Crippen LogP contribution is -2.14. The molecule has 0 fully saturated rings. The minimum atomic E-state index is -0.228. The number of ether oxygens (including phenoxy) is 2. The third-order valence-corrected chi connectivity index (χ3v) is 4.32. The smallest absolute Gasteiger partial charge is 0.322 e. The van der Waals surface area contributed by atoms with E-state index in [9.17, 15) is 4.79 Å². The zero-order valence-electron chi connectivity index (χ0n) is 16.4. The Morgan fingerprint density at radius 3 is 2.46 bits per heavy atom. The van der Waals surface area contributed by atoms with E-state index >= 15 is 0 Å². The number of nitrogens with one attached hydrogen (secondary N) is 1. The molecule has 0 saturated heterocycles. The predicted molar refractivity (Wildman–Crippen MR) is 106 cm³/mol. The van der Waals surface area contributed by atoms with Crippen molar-refractivity contribution in [3.05, 3.63) is 53.6 Å². The van der Waals surface area contributed by atoms with Crippen LogP contribution in [0.1, 0.15) is 30.9 Å². The van der Waals surface area contributed by atoms with Crippen LogP contribution >= 0.6 is 0 Å². The molecule has 0 radical (unpaired) electrons. The summed E-state index contributed by atoms with van der Waals surface area (Å²) in [7, 11) is 3.12. The quantitative estimate of drug-likeness (QED) is 0.664. The Labute approximate surface area is 163 Å². The standard InChI is InChI=1S/C21H23N3O4/c1-13(2)15-7-5-14(6-8-15)11-19(25)22-21-24-23-20(28-21)17-10-9-16(26-3)12-18(17)27-4/h5-10,12-13H,11H2,1-4H3,(H,22,24,25). The molecule has 0 aliphatic rings. The molecule has 0 bridgehead atoms. The number of carbonyl (C=O) groups excluding carboxylic acids is 1. The van der Waals surface area contributed by atoms with E-state index in [1.807, 2.05) is 24.3 Å². The number of anilines is 1. The van der Waals surface area contributed by atoms with Gasteiger partial charge in [-0.1, -0.05) is 43.2 Å². The van der Waals surface area contributed by atoms with Crippen LogP contribution in [0, 0.1) is 0 Å². The maximum atomic E-state index is 12.3. The molecule has 1 heterocycles. The van der Waals surface area contributed by atoms with Crippen molar-refractivity contribution in [1.29, 1.82) is 0 Å². The Morgan fingerprint density at radius 2 is 1.82 bits per heavy atom. The molecule has 3 aromatic rings. The topological polar surface area (TPSA) is 86.5 Å². The third kappa shape index (κ3) is 4.49. The summed E-state index contributed by atoms with van der Waals surface area (Å²) in [6.45, 7) is 4.26. The summed E-state index contributed by atoms with van der Waals surface area (Å²) in [6.07, 6.45) is 0.224. The van der Waals surface area contributed by atoms with Crippen molar-refractivity contribution in [2.45, 2.75) is 26.2 Å². The van der Waals surface area contributed by atoms with Gasteiger partial charge in [0.2, 0.25) is 5.91 Å². The molecule has 0 aliphatic heterocycles. The van der Waals surface area contributed by atoms with Gasteiger partial charge in [-0.15, -0.1) is 5.10 Å². The minimum Gasteiger partial charge on any atom is -0.497 e. The highest BCUT2D eigenvalue weighted by Gasteiger charge is 2.16. The van der Waals surface area contributed by atoms with E-state index in [2.05, 4.69) is 29.4 Å². The van der Waals surface area contributed by atoms with Crippen LogP contribution in [0.15, 0.2) is 46.9 Å². The molecule has 0 aliphatic carbocycles. The van der Waals surface area contributed by atoms with Crippen LogP contribution in [-0.2, 0) is 11.2 Å². The summed E-state index contributed by atoms with van der Waals surface area (Å²) in [5.74, 6) is 1.66. The summed E-state index contributed by atoms with van der Waals surface area (Å²) in [4.78, 5) is 12.3. The number of amides is 1. The lowest BCUT2D eigenvalue weighted by molar-refractivity contribution is -0.115. The normalized spacial score (nSPS) is 10.8. The van der Waals surface area contributed by atoms with Crippen LogP contribution in [-0.4, -0.2) is 30.3 Å². The molecule has 3 rings (SSSR count). The Bertz CT molecular complexity index is 949. The van der Waals surface area contributed by atoms with Crippen molar-refractivity contribution in [3.63, 3.8) is 0 Å².